The molecule has 0 bridgehead atoms. The van der Waals surface area contributed by atoms with Crippen LogP contribution in [0.25, 0.3) is 0 Å². The summed E-state index contributed by atoms with van der Waals surface area (Å²) in [5, 5.41) is 12.5. The number of nitriles is 1. The van der Waals surface area contributed by atoms with Crippen LogP contribution in [0.4, 0.5) is 23.1 Å². The van der Waals surface area contributed by atoms with Crippen LogP contribution in [0.5, 0.6) is 0 Å². The molecule has 2 aromatic carbocycles. The Hall–Kier alpha value is -3.39. The van der Waals surface area contributed by atoms with Crippen LogP contribution in [0.15, 0.2) is 54.6 Å². The van der Waals surface area contributed by atoms with Gasteiger partial charge in [0.25, 0.3) is 0 Å². The maximum Gasteiger partial charge on any atom is 0.232 e. The molecule has 0 fully saturated rings. The summed E-state index contributed by atoms with van der Waals surface area (Å²) in [6, 6.07) is 19.7. The van der Waals surface area contributed by atoms with Crippen molar-refractivity contribution in [3.63, 3.8) is 0 Å². The molecule has 5 nitrogen and oxygen atoms in total. The van der Waals surface area contributed by atoms with Crippen LogP contribution in [0, 0.1) is 25.2 Å². The molecule has 1 heterocycles. The quantitative estimate of drug-likeness (QED) is 0.716. The van der Waals surface area contributed by atoms with E-state index in [-0.39, 0.29) is 0 Å². The molecule has 0 aliphatic carbocycles. The average Bonchev–Trinajstić information content (AvgIpc) is 2.62. The number of para-hydroxylation sites is 1. The Bertz CT molecular complexity index is 959. The number of hydrogen-bond acceptors (Lipinski definition) is 5. The summed E-state index contributed by atoms with van der Waals surface area (Å²) in [5.41, 5.74) is 4.42. The summed E-state index contributed by atoms with van der Waals surface area (Å²) in [4.78, 5) is 11.4. The Kier molecular flexibility index (Phi) is 5.14. The summed E-state index contributed by atoms with van der Waals surface area (Å²) in [6.07, 6.45) is 0. The van der Waals surface area contributed by atoms with Gasteiger partial charge in [-0.1, -0.05) is 24.3 Å². The van der Waals surface area contributed by atoms with Gasteiger partial charge < -0.3 is 10.2 Å². The van der Waals surface area contributed by atoms with Crippen molar-refractivity contribution in [2.75, 3.05) is 16.8 Å². The number of nitrogens with zero attached hydrogens (tertiary/aromatic N) is 4. The molecular weight excluding hydrogens is 322 g/mol. The SMILES string of the molecule is CCN(c1cccc(C)c1)c1nc(C)cc(Nc2ccccc2C#N)n1. The minimum absolute atomic E-state index is 0.580. The van der Waals surface area contributed by atoms with Crippen molar-refractivity contribution in [3.05, 3.63) is 71.4 Å². The van der Waals surface area contributed by atoms with E-state index in [1.54, 1.807) is 6.07 Å². The van der Waals surface area contributed by atoms with Gasteiger partial charge in [0.2, 0.25) is 5.95 Å². The molecule has 0 unspecified atom stereocenters. The summed E-state index contributed by atoms with van der Waals surface area (Å²) >= 11 is 0. The number of rotatable bonds is 5. The van der Waals surface area contributed by atoms with E-state index in [9.17, 15) is 5.26 Å². The molecule has 0 aliphatic rings. The molecule has 5 heteroatoms. The Morgan fingerprint density at radius 3 is 2.58 bits per heavy atom. The first-order valence-corrected chi connectivity index (χ1v) is 8.56. The third-order valence-electron chi connectivity index (χ3n) is 4.02. The fourth-order valence-electron chi connectivity index (χ4n) is 2.80. The summed E-state index contributed by atoms with van der Waals surface area (Å²) in [5.74, 6) is 1.30. The van der Waals surface area contributed by atoms with Gasteiger partial charge in [0.1, 0.15) is 11.9 Å². The summed E-state index contributed by atoms with van der Waals surface area (Å²) < 4.78 is 0. The van der Waals surface area contributed by atoms with Gasteiger partial charge in [-0.15, -0.1) is 0 Å². The van der Waals surface area contributed by atoms with Gasteiger partial charge in [0.15, 0.2) is 0 Å². The van der Waals surface area contributed by atoms with Gasteiger partial charge >= 0.3 is 0 Å². The first kappa shape index (κ1) is 17.4. The number of hydrogen-bond donors (Lipinski definition) is 1. The average molecular weight is 343 g/mol. The molecule has 1 N–H and O–H groups in total. The van der Waals surface area contributed by atoms with E-state index >= 15 is 0 Å². The van der Waals surface area contributed by atoms with E-state index in [1.165, 1.54) is 5.56 Å². The van der Waals surface area contributed by atoms with Crippen LogP contribution in [0.2, 0.25) is 0 Å². The third-order valence-corrected chi connectivity index (χ3v) is 4.02. The molecule has 0 saturated heterocycles. The fourth-order valence-corrected chi connectivity index (χ4v) is 2.80. The van der Waals surface area contributed by atoms with E-state index in [0.717, 1.165) is 23.6 Å². The number of anilines is 4. The fraction of sp³-hybridized carbons (Fsp3) is 0.190. The second-order valence-electron chi connectivity index (χ2n) is 6.06. The lowest BCUT2D eigenvalue weighted by molar-refractivity contribution is 0.935. The molecule has 0 saturated carbocycles. The van der Waals surface area contributed by atoms with E-state index in [2.05, 4.69) is 58.3 Å². The van der Waals surface area contributed by atoms with Crippen molar-refractivity contribution in [2.45, 2.75) is 20.8 Å². The lowest BCUT2D eigenvalue weighted by Crippen LogP contribution is -2.19. The molecule has 0 radical (unpaired) electrons. The highest BCUT2D eigenvalue weighted by molar-refractivity contribution is 5.66. The smallest absolute Gasteiger partial charge is 0.232 e. The van der Waals surface area contributed by atoms with E-state index < -0.39 is 0 Å². The number of aryl methyl sites for hydroxylation is 2. The number of nitrogens with one attached hydrogen (secondary N) is 1. The second kappa shape index (κ2) is 7.66. The van der Waals surface area contributed by atoms with Crippen molar-refractivity contribution in [1.82, 2.24) is 9.97 Å². The van der Waals surface area contributed by atoms with Crippen LogP contribution in [0.3, 0.4) is 0 Å². The molecule has 0 aliphatic heterocycles. The Labute approximate surface area is 154 Å². The molecule has 26 heavy (non-hydrogen) atoms. The van der Waals surface area contributed by atoms with Crippen LogP contribution in [-0.4, -0.2) is 16.5 Å². The minimum atomic E-state index is 0.580. The molecule has 3 rings (SSSR count). The van der Waals surface area contributed by atoms with Crippen LogP contribution in [0.1, 0.15) is 23.7 Å². The molecule has 0 amide bonds. The first-order valence-electron chi connectivity index (χ1n) is 8.56. The number of aromatic nitrogens is 2. The van der Waals surface area contributed by atoms with Gasteiger partial charge in [-0.05, 0) is 50.6 Å². The predicted octanol–water partition coefficient (Wildman–Crippen LogP) is 4.87. The van der Waals surface area contributed by atoms with Crippen molar-refractivity contribution in [2.24, 2.45) is 0 Å². The Morgan fingerprint density at radius 2 is 1.85 bits per heavy atom. The zero-order valence-electron chi connectivity index (χ0n) is 15.2. The lowest BCUT2D eigenvalue weighted by atomic mass is 10.2. The highest BCUT2D eigenvalue weighted by Crippen LogP contribution is 2.26. The number of benzene rings is 2. The molecule has 0 spiro atoms. The molecule has 0 atom stereocenters. The minimum Gasteiger partial charge on any atom is -0.339 e. The largest absolute Gasteiger partial charge is 0.339 e. The van der Waals surface area contributed by atoms with Gasteiger partial charge in [0.05, 0.1) is 11.3 Å². The second-order valence-corrected chi connectivity index (χ2v) is 6.06. The highest BCUT2D eigenvalue weighted by atomic mass is 15.3. The molecule has 3 aromatic rings. The Balaban J connectivity index is 1.98. The van der Waals surface area contributed by atoms with Crippen LogP contribution < -0.4 is 10.2 Å². The summed E-state index contributed by atoms with van der Waals surface area (Å²) in [7, 11) is 0. The molecular formula is C21H21N5. The molecule has 1 aromatic heterocycles. The van der Waals surface area contributed by atoms with E-state index in [0.29, 0.717) is 17.3 Å². The monoisotopic (exact) mass is 343 g/mol. The van der Waals surface area contributed by atoms with E-state index in [1.807, 2.05) is 37.3 Å². The topological polar surface area (TPSA) is 64.8 Å². The third kappa shape index (κ3) is 3.81. The zero-order chi connectivity index (χ0) is 18.5. The van der Waals surface area contributed by atoms with Crippen LogP contribution >= 0.6 is 0 Å². The maximum atomic E-state index is 9.28. The highest BCUT2D eigenvalue weighted by Gasteiger charge is 2.13. The van der Waals surface area contributed by atoms with Gasteiger partial charge in [-0.2, -0.15) is 10.2 Å². The zero-order valence-corrected chi connectivity index (χ0v) is 15.2. The first-order chi connectivity index (χ1) is 12.6. The predicted molar refractivity (Wildman–Crippen MR) is 105 cm³/mol. The molecule has 130 valence electrons. The van der Waals surface area contributed by atoms with Gasteiger partial charge in [-0.3, -0.25) is 0 Å². The van der Waals surface area contributed by atoms with Crippen molar-refractivity contribution in [3.8, 4) is 6.07 Å². The standard InChI is InChI=1S/C21H21N5/c1-4-26(18-10-7-8-15(2)12-18)21-23-16(3)13-20(25-21)24-19-11-6-5-9-17(19)14-22/h5-13H,4H2,1-3H3,(H,23,24,25). The maximum absolute atomic E-state index is 9.28. The van der Waals surface area contributed by atoms with E-state index in [4.69, 9.17) is 0 Å². The van der Waals surface area contributed by atoms with Crippen LogP contribution in [-0.2, 0) is 0 Å². The van der Waals surface area contributed by atoms with Gasteiger partial charge in [0, 0.05) is 24.0 Å². The lowest BCUT2D eigenvalue weighted by Gasteiger charge is -2.22. The Morgan fingerprint density at radius 1 is 1.04 bits per heavy atom. The van der Waals surface area contributed by atoms with Crippen molar-refractivity contribution >= 4 is 23.1 Å². The van der Waals surface area contributed by atoms with Gasteiger partial charge in [-0.25, -0.2) is 4.98 Å². The normalized spacial score (nSPS) is 10.2. The van der Waals surface area contributed by atoms with Crippen molar-refractivity contribution in [1.29, 1.82) is 5.26 Å². The van der Waals surface area contributed by atoms with Crippen molar-refractivity contribution < 1.29 is 0 Å². The summed E-state index contributed by atoms with van der Waals surface area (Å²) in [6.45, 7) is 6.84.